The van der Waals surface area contributed by atoms with Crippen molar-refractivity contribution < 1.29 is 8.42 Å². The van der Waals surface area contributed by atoms with E-state index in [1.165, 1.54) is 10.6 Å². The molecule has 1 unspecified atom stereocenters. The zero-order valence-corrected chi connectivity index (χ0v) is 11.9. The number of nitrogens with zero attached hydrogens (tertiary/aromatic N) is 4. The summed E-state index contributed by atoms with van der Waals surface area (Å²) in [7, 11) is 0.657. The summed E-state index contributed by atoms with van der Waals surface area (Å²) in [6.07, 6.45) is 2.05. The Hall–Kier alpha value is -1.21. The monoisotopic (exact) mass is 270 g/mol. The van der Waals surface area contributed by atoms with E-state index in [0.717, 1.165) is 17.9 Å². The molecule has 1 saturated heterocycles. The average Bonchev–Trinajstić information content (AvgIpc) is 2.11. The second-order valence-electron chi connectivity index (χ2n) is 4.77. The van der Waals surface area contributed by atoms with Gasteiger partial charge in [-0.3, -0.25) is 0 Å². The van der Waals surface area contributed by atoms with Gasteiger partial charge in [0.05, 0.1) is 18.0 Å². The molecule has 1 aliphatic heterocycles. The summed E-state index contributed by atoms with van der Waals surface area (Å²) >= 11 is 0. The molecule has 18 heavy (non-hydrogen) atoms. The third-order valence-corrected chi connectivity index (χ3v) is 4.33. The van der Waals surface area contributed by atoms with Crippen molar-refractivity contribution in [2.75, 3.05) is 31.8 Å². The quantitative estimate of drug-likeness (QED) is 0.803. The van der Waals surface area contributed by atoms with Crippen molar-refractivity contribution in [1.29, 1.82) is 0 Å². The van der Waals surface area contributed by atoms with E-state index in [4.69, 9.17) is 0 Å². The molecule has 0 radical (unpaired) electrons. The molecule has 7 heteroatoms. The molecule has 0 aliphatic carbocycles. The van der Waals surface area contributed by atoms with Gasteiger partial charge < -0.3 is 4.90 Å². The van der Waals surface area contributed by atoms with Crippen LogP contribution in [0.5, 0.6) is 0 Å². The summed E-state index contributed by atoms with van der Waals surface area (Å²) < 4.78 is 24.6. The fourth-order valence-electron chi connectivity index (χ4n) is 2.03. The lowest BCUT2D eigenvalue weighted by Gasteiger charge is -2.38. The summed E-state index contributed by atoms with van der Waals surface area (Å²) in [6, 6.07) is 1.72. The fourth-order valence-corrected chi connectivity index (χ4v) is 3.14. The number of sulfonamides is 1. The zero-order chi connectivity index (χ0) is 13.5. The Morgan fingerprint density at radius 1 is 1.39 bits per heavy atom. The van der Waals surface area contributed by atoms with Crippen LogP contribution in [-0.4, -0.2) is 49.6 Å². The van der Waals surface area contributed by atoms with Gasteiger partial charge in [-0.15, -0.1) is 0 Å². The largest absolute Gasteiger partial charge is 0.363 e. The molecule has 0 N–H and O–H groups in total. The molecule has 0 amide bonds. The molecule has 0 saturated carbocycles. The lowest BCUT2D eigenvalue weighted by atomic mass is 10.0. The first kappa shape index (κ1) is 13.2. The first-order valence-electron chi connectivity index (χ1n) is 5.79. The Kier molecular flexibility index (Phi) is 3.29. The molecule has 1 aromatic rings. The van der Waals surface area contributed by atoms with Crippen LogP contribution in [0.2, 0.25) is 0 Å². The second-order valence-corrected chi connectivity index (χ2v) is 6.71. The maximum absolute atomic E-state index is 11.6. The maximum Gasteiger partial charge on any atom is 0.211 e. The molecule has 100 valence electrons. The van der Waals surface area contributed by atoms with Gasteiger partial charge in [0.15, 0.2) is 0 Å². The summed E-state index contributed by atoms with van der Waals surface area (Å²) in [4.78, 5) is 10.6. The van der Waals surface area contributed by atoms with Crippen molar-refractivity contribution in [3.8, 4) is 0 Å². The van der Waals surface area contributed by atoms with Gasteiger partial charge >= 0.3 is 0 Å². The standard InChI is InChI=1S/C11H18N4O2S/c1-8-12-9(7-11(13-8)14(2)3)10-5-6-15(10)18(4,16)17/h7,10H,5-6H2,1-4H3. The normalized spacial score (nSPS) is 20.6. The topological polar surface area (TPSA) is 66.4 Å². The molecular formula is C11H18N4O2S. The predicted octanol–water partition coefficient (Wildman–Crippen LogP) is 0.557. The first-order valence-corrected chi connectivity index (χ1v) is 7.63. The third-order valence-electron chi connectivity index (χ3n) is 3.04. The van der Waals surface area contributed by atoms with Crippen molar-refractivity contribution in [3.05, 3.63) is 17.6 Å². The van der Waals surface area contributed by atoms with Gasteiger partial charge in [-0.05, 0) is 13.3 Å². The summed E-state index contributed by atoms with van der Waals surface area (Å²) in [6.45, 7) is 2.39. The van der Waals surface area contributed by atoms with E-state index >= 15 is 0 Å². The Balaban J connectivity index is 2.35. The molecule has 6 nitrogen and oxygen atoms in total. The highest BCUT2D eigenvalue weighted by Crippen LogP contribution is 2.35. The Morgan fingerprint density at radius 2 is 2.06 bits per heavy atom. The highest BCUT2D eigenvalue weighted by atomic mass is 32.2. The van der Waals surface area contributed by atoms with Crippen LogP contribution in [0.1, 0.15) is 24.0 Å². The van der Waals surface area contributed by atoms with Gasteiger partial charge in [0, 0.05) is 26.7 Å². The molecular weight excluding hydrogens is 252 g/mol. The Bertz CT molecular complexity index is 556. The van der Waals surface area contributed by atoms with Gasteiger partial charge in [-0.25, -0.2) is 18.4 Å². The second kappa shape index (κ2) is 4.47. The van der Waals surface area contributed by atoms with Gasteiger partial charge in [-0.1, -0.05) is 0 Å². The van der Waals surface area contributed by atoms with Crippen molar-refractivity contribution in [2.24, 2.45) is 0 Å². The van der Waals surface area contributed by atoms with Crippen LogP contribution in [0.4, 0.5) is 5.82 Å². The first-order chi connectivity index (χ1) is 8.29. The lowest BCUT2D eigenvalue weighted by Crippen LogP contribution is -2.44. The minimum atomic E-state index is -3.15. The molecule has 1 aromatic heterocycles. The molecule has 0 bridgehead atoms. The van der Waals surface area contributed by atoms with Crippen LogP contribution < -0.4 is 4.90 Å². The van der Waals surface area contributed by atoms with E-state index in [-0.39, 0.29) is 6.04 Å². The van der Waals surface area contributed by atoms with Crippen molar-refractivity contribution in [2.45, 2.75) is 19.4 Å². The highest BCUT2D eigenvalue weighted by Gasteiger charge is 2.37. The van der Waals surface area contributed by atoms with Crippen LogP contribution >= 0.6 is 0 Å². The van der Waals surface area contributed by atoms with E-state index in [2.05, 4.69) is 9.97 Å². The molecule has 1 atom stereocenters. The van der Waals surface area contributed by atoms with Crippen LogP contribution in [0, 0.1) is 6.92 Å². The molecule has 2 rings (SSSR count). The van der Waals surface area contributed by atoms with Crippen LogP contribution in [0.25, 0.3) is 0 Å². The minimum absolute atomic E-state index is 0.139. The SMILES string of the molecule is Cc1nc(C2CCN2S(C)(=O)=O)cc(N(C)C)n1. The maximum atomic E-state index is 11.6. The Labute approximate surface area is 108 Å². The van der Waals surface area contributed by atoms with E-state index in [1.54, 1.807) is 0 Å². The number of aryl methyl sites for hydroxylation is 1. The number of aromatic nitrogens is 2. The zero-order valence-electron chi connectivity index (χ0n) is 11.1. The van der Waals surface area contributed by atoms with E-state index in [0.29, 0.717) is 12.4 Å². The third kappa shape index (κ3) is 2.46. The lowest BCUT2D eigenvalue weighted by molar-refractivity contribution is 0.198. The van der Waals surface area contributed by atoms with E-state index in [9.17, 15) is 8.42 Å². The molecule has 1 aliphatic rings. The number of hydrogen-bond donors (Lipinski definition) is 0. The van der Waals surface area contributed by atoms with Gasteiger partial charge in [-0.2, -0.15) is 4.31 Å². The summed E-state index contributed by atoms with van der Waals surface area (Å²) in [5.74, 6) is 1.47. The van der Waals surface area contributed by atoms with Crippen molar-refractivity contribution in [1.82, 2.24) is 14.3 Å². The molecule has 0 aromatic carbocycles. The van der Waals surface area contributed by atoms with Crippen LogP contribution in [-0.2, 0) is 10.0 Å². The van der Waals surface area contributed by atoms with Crippen LogP contribution in [0.3, 0.4) is 0 Å². The Morgan fingerprint density at radius 3 is 2.50 bits per heavy atom. The smallest absolute Gasteiger partial charge is 0.211 e. The van der Waals surface area contributed by atoms with E-state index < -0.39 is 10.0 Å². The summed E-state index contributed by atoms with van der Waals surface area (Å²) in [5.41, 5.74) is 0.780. The van der Waals surface area contributed by atoms with E-state index in [1.807, 2.05) is 32.0 Å². The average molecular weight is 270 g/mol. The molecule has 0 spiro atoms. The van der Waals surface area contributed by atoms with Gasteiger partial charge in [0.2, 0.25) is 10.0 Å². The molecule has 2 heterocycles. The predicted molar refractivity (Wildman–Crippen MR) is 70.0 cm³/mol. The van der Waals surface area contributed by atoms with Crippen molar-refractivity contribution in [3.63, 3.8) is 0 Å². The molecule has 1 fully saturated rings. The summed E-state index contributed by atoms with van der Waals surface area (Å²) in [5, 5.41) is 0. The fraction of sp³-hybridized carbons (Fsp3) is 0.636. The number of hydrogen-bond acceptors (Lipinski definition) is 5. The van der Waals surface area contributed by atoms with Gasteiger partial charge in [0.1, 0.15) is 11.6 Å². The minimum Gasteiger partial charge on any atom is -0.363 e. The number of anilines is 1. The van der Waals surface area contributed by atoms with Crippen molar-refractivity contribution >= 4 is 15.8 Å². The van der Waals surface area contributed by atoms with Crippen LogP contribution in [0.15, 0.2) is 6.07 Å². The number of rotatable bonds is 3. The highest BCUT2D eigenvalue weighted by molar-refractivity contribution is 7.88. The van der Waals surface area contributed by atoms with Gasteiger partial charge in [0.25, 0.3) is 0 Å².